The van der Waals surface area contributed by atoms with Crippen molar-refractivity contribution in [3.8, 4) is 0 Å². The first-order valence-corrected chi connectivity index (χ1v) is 13.3. The van der Waals surface area contributed by atoms with Crippen molar-refractivity contribution in [3.63, 3.8) is 0 Å². The van der Waals surface area contributed by atoms with E-state index in [1.165, 1.54) is 0 Å². The van der Waals surface area contributed by atoms with E-state index in [0.717, 1.165) is 27.2 Å². The van der Waals surface area contributed by atoms with Gasteiger partial charge in [-0.15, -0.1) is 11.3 Å². The zero-order valence-corrected chi connectivity index (χ0v) is 22.9. The van der Waals surface area contributed by atoms with Gasteiger partial charge < -0.3 is 14.6 Å². The second-order valence-electron chi connectivity index (χ2n) is 11.3. The summed E-state index contributed by atoms with van der Waals surface area (Å²) in [4.78, 5) is 33.4. The number of amides is 2. The fourth-order valence-electron chi connectivity index (χ4n) is 4.06. The number of hydrogen-bond donors (Lipinski definition) is 1. The number of benzene rings is 1. The molecule has 1 aromatic carbocycles. The first-order valence-electron chi connectivity index (χ1n) is 12.4. The van der Waals surface area contributed by atoms with Gasteiger partial charge >= 0.3 is 0 Å². The van der Waals surface area contributed by atoms with Gasteiger partial charge in [0.2, 0.25) is 11.8 Å². The molecule has 7 heteroatoms. The Kier molecular flexibility index (Phi) is 8.75. The van der Waals surface area contributed by atoms with Gasteiger partial charge in [0, 0.05) is 36.1 Å². The second-order valence-corrected chi connectivity index (χ2v) is 12.2. The van der Waals surface area contributed by atoms with Gasteiger partial charge in [0.15, 0.2) is 0 Å². The quantitative estimate of drug-likeness (QED) is 0.364. The lowest BCUT2D eigenvalue weighted by Gasteiger charge is -2.30. The first kappa shape index (κ1) is 26.9. The number of carbonyl (C=O) groups is 2. The topological polar surface area (TPSA) is 75.4 Å². The maximum absolute atomic E-state index is 13.9. The maximum Gasteiger partial charge on any atom is 0.245 e. The number of nitrogens with zero attached hydrogens (tertiary/aromatic N) is 2. The van der Waals surface area contributed by atoms with Gasteiger partial charge in [0.05, 0.1) is 23.5 Å². The standard InChI is InChI=1S/C28H39N3O3S/c1-18(2)15-31(16-22-17-35-26(29-22)19(3)4)27(33)23(30-25(32)14-28(5,6)7)13-20-8-9-24-21(12-20)10-11-34-24/h8-12,17-19,23H,13-16H2,1-7H3,(H,30,32)/t23-/m1/s1. The van der Waals surface area contributed by atoms with Crippen LogP contribution in [0.3, 0.4) is 0 Å². The number of hydrogen-bond acceptors (Lipinski definition) is 5. The molecule has 3 aromatic rings. The Morgan fingerprint density at radius 1 is 1.14 bits per heavy atom. The van der Waals surface area contributed by atoms with Crippen LogP contribution in [0.5, 0.6) is 0 Å². The summed E-state index contributed by atoms with van der Waals surface area (Å²) in [5.74, 6) is 0.452. The molecule has 35 heavy (non-hydrogen) atoms. The minimum atomic E-state index is -0.656. The van der Waals surface area contributed by atoms with E-state index in [1.54, 1.807) is 17.6 Å². The summed E-state index contributed by atoms with van der Waals surface area (Å²) in [6.07, 6.45) is 2.43. The average Bonchev–Trinajstić information content (AvgIpc) is 3.39. The average molecular weight is 498 g/mol. The van der Waals surface area contributed by atoms with Crippen LogP contribution in [0.2, 0.25) is 0 Å². The fourth-order valence-corrected chi connectivity index (χ4v) is 4.88. The van der Waals surface area contributed by atoms with Crippen LogP contribution >= 0.6 is 11.3 Å². The predicted octanol–water partition coefficient (Wildman–Crippen LogP) is 6.16. The van der Waals surface area contributed by atoms with Crippen LogP contribution < -0.4 is 5.32 Å². The molecule has 190 valence electrons. The van der Waals surface area contributed by atoms with E-state index in [0.29, 0.717) is 31.8 Å². The summed E-state index contributed by atoms with van der Waals surface area (Å²) >= 11 is 1.63. The number of rotatable bonds is 10. The van der Waals surface area contributed by atoms with Gasteiger partial charge in [-0.1, -0.05) is 54.5 Å². The van der Waals surface area contributed by atoms with Crippen LogP contribution in [0.4, 0.5) is 0 Å². The molecule has 0 aliphatic heterocycles. The third-order valence-corrected chi connectivity index (χ3v) is 6.79. The lowest BCUT2D eigenvalue weighted by Crippen LogP contribution is -2.50. The van der Waals surface area contributed by atoms with E-state index >= 15 is 0 Å². The molecule has 2 heterocycles. The summed E-state index contributed by atoms with van der Waals surface area (Å²) in [6, 6.07) is 7.16. The van der Waals surface area contributed by atoms with Crippen LogP contribution in [0, 0.1) is 11.3 Å². The van der Waals surface area contributed by atoms with E-state index in [1.807, 2.05) is 55.3 Å². The molecule has 0 bridgehead atoms. The molecule has 1 atom stereocenters. The summed E-state index contributed by atoms with van der Waals surface area (Å²) in [5, 5.41) is 7.15. The van der Waals surface area contributed by atoms with Crippen molar-refractivity contribution in [2.45, 2.75) is 79.8 Å². The lowest BCUT2D eigenvalue weighted by molar-refractivity contribution is -0.137. The number of carbonyl (C=O) groups excluding carboxylic acids is 2. The summed E-state index contributed by atoms with van der Waals surface area (Å²) in [7, 11) is 0. The van der Waals surface area contributed by atoms with Crippen LogP contribution in [0.25, 0.3) is 11.0 Å². The Labute approximate surface area is 213 Å². The Morgan fingerprint density at radius 3 is 2.51 bits per heavy atom. The van der Waals surface area contributed by atoms with Crippen molar-refractivity contribution in [1.29, 1.82) is 0 Å². The van der Waals surface area contributed by atoms with Crippen LogP contribution in [0.1, 0.15) is 77.1 Å². The van der Waals surface area contributed by atoms with E-state index < -0.39 is 6.04 Å². The Balaban J connectivity index is 1.87. The predicted molar refractivity (Wildman–Crippen MR) is 142 cm³/mol. The number of thiazole rings is 1. The molecule has 0 spiro atoms. The highest BCUT2D eigenvalue weighted by Crippen LogP contribution is 2.23. The highest BCUT2D eigenvalue weighted by atomic mass is 32.1. The molecule has 2 amide bonds. The van der Waals surface area contributed by atoms with Crippen LogP contribution in [0.15, 0.2) is 40.3 Å². The van der Waals surface area contributed by atoms with Gasteiger partial charge in [-0.3, -0.25) is 9.59 Å². The van der Waals surface area contributed by atoms with Crippen molar-refractivity contribution in [2.24, 2.45) is 11.3 Å². The van der Waals surface area contributed by atoms with Gasteiger partial charge in [-0.2, -0.15) is 0 Å². The summed E-state index contributed by atoms with van der Waals surface area (Å²) in [5.41, 5.74) is 2.51. The minimum absolute atomic E-state index is 0.0765. The van der Waals surface area contributed by atoms with E-state index in [9.17, 15) is 9.59 Å². The van der Waals surface area contributed by atoms with Crippen molar-refractivity contribution in [3.05, 3.63) is 52.2 Å². The fraction of sp³-hybridized carbons (Fsp3) is 0.536. The minimum Gasteiger partial charge on any atom is -0.464 e. The zero-order valence-electron chi connectivity index (χ0n) is 22.1. The molecule has 1 N–H and O–H groups in total. The second kappa shape index (κ2) is 11.4. The summed E-state index contributed by atoms with van der Waals surface area (Å²) < 4.78 is 5.46. The molecular formula is C28H39N3O3S. The van der Waals surface area contributed by atoms with Crippen molar-refractivity contribution in [1.82, 2.24) is 15.2 Å². The monoisotopic (exact) mass is 497 g/mol. The smallest absolute Gasteiger partial charge is 0.245 e. The molecule has 0 unspecified atom stereocenters. The van der Waals surface area contributed by atoms with Crippen molar-refractivity contribution >= 4 is 34.1 Å². The van der Waals surface area contributed by atoms with Crippen LogP contribution in [-0.2, 0) is 22.6 Å². The Morgan fingerprint density at radius 2 is 1.89 bits per heavy atom. The SMILES string of the molecule is CC(C)CN(Cc1csc(C(C)C)n1)C(=O)[C@@H](Cc1ccc2occc2c1)NC(=O)CC(C)(C)C. The Hall–Kier alpha value is -2.67. The van der Waals surface area contributed by atoms with E-state index in [4.69, 9.17) is 9.40 Å². The van der Waals surface area contributed by atoms with E-state index in [2.05, 4.69) is 33.0 Å². The largest absolute Gasteiger partial charge is 0.464 e. The molecule has 0 saturated heterocycles. The number of fused-ring (bicyclic) bond motifs is 1. The van der Waals surface area contributed by atoms with Gasteiger partial charge in [0.1, 0.15) is 11.6 Å². The molecule has 0 radical (unpaired) electrons. The molecule has 6 nitrogen and oxygen atoms in total. The highest BCUT2D eigenvalue weighted by Gasteiger charge is 2.29. The molecule has 0 fully saturated rings. The third kappa shape index (κ3) is 7.92. The van der Waals surface area contributed by atoms with E-state index in [-0.39, 0.29) is 23.1 Å². The normalized spacial score (nSPS) is 12.9. The van der Waals surface area contributed by atoms with Gasteiger partial charge in [-0.05, 0) is 35.1 Å². The Bertz CT molecular complexity index is 1140. The number of furan rings is 1. The van der Waals surface area contributed by atoms with Crippen molar-refractivity contribution in [2.75, 3.05) is 6.54 Å². The third-order valence-electron chi connectivity index (χ3n) is 5.59. The molecule has 3 rings (SSSR count). The zero-order chi connectivity index (χ0) is 25.8. The van der Waals surface area contributed by atoms with Gasteiger partial charge in [-0.25, -0.2) is 4.98 Å². The molecule has 0 aliphatic carbocycles. The van der Waals surface area contributed by atoms with Crippen molar-refractivity contribution < 1.29 is 14.0 Å². The molecular weight excluding hydrogens is 458 g/mol. The summed E-state index contributed by atoms with van der Waals surface area (Å²) in [6.45, 7) is 15.5. The molecule has 2 aromatic heterocycles. The van der Waals surface area contributed by atoms with Gasteiger partial charge in [0.25, 0.3) is 0 Å². The number of nitrogens with one attached hydrogen (secondary N) is 1. The first-order chi connectivity index (χ1) is 16.4. The maximum atomic E-state index is 13.9. The van der Waals surface area contributed by atoms with Crippen LogP contribution in [-0.4, -0.2) is 34.3 Å². The number of aromatic nitrogens is 1. The molecule has 0 saturated carbocycles. The molecule has 0 aliphatic rings. The highest BCUT2D eigenvalue weighted by molar-refractivity contribution is 7.09. The lowest BCUT2D eigenvalue weighted by atomic mass is 9.91.